The SMILES string of the molecule is CC(C)Nc1nc(Nc2cc(Cl)cc(S(C)(=O)=O)c2)nc(-c2cccc(C(C)(F)F)n2)n1. The summed E-state index contributed by atoms with van der Waals surface area (Å²) < 4.78 is 51.3. The quantitative estimate of drug-likeness (QED) is 0.500. The molecule has 0 fully saturated rings. The number of benzene rings is 1. The van der Waals surface area contributed by atoms with Crippen LogP contribution in [0.4, 0.5) is 26.4 Å². The molecule has 0 aliphatic heterocycles. The van der Waals surface area contributed by atoms with E-state index in [1.54, 1.807) is 0 Å². The van der Waals surface area contributed by atoms with Gasteiger partial charge in [0.15, 0.2) is 15.7 Å². The van der Waals surface area contributed by atoms with Crippen LogP contribution in [-0.4, -0.2) is 40.7 Å². The fraction of sp³-hybridized carbons (Fsp3) is 0.300. The highest BCUT2D eigenvalue weighted by molar-refractivity contribution is 7.90. The van der Waals surface area contributed by atoms with Gasteiger partial charge >= 0.3 is 0 Å². The summed E-state index contributed by atoms with van der Waals surface area (Å²) in [5.74, 6) is -2.84. The number of hydrogen-bond acceptors (Lipinski definition) is 8. The van der Waals surface area contributed by atoms with Crippen LogP contribution in [0.5, 0.6) is 0 Å². The Morgan fingerprint density at radius 2 is 1.72 bits per heavy atom. The number of nitrogens with one attached hydrogen (secondary N) is 2. The molecule has 3 aromatic rings. The summed E-state index contributed by atoms with van der Waals surface area (Å²) in [5, 5.41) is 6.13. The van der Waals surface area contributed by atoms with E-state index in [1.807, 2.05) is 13.8 Å². The molecular weight excluding hydrogens is 462 g/mol. The third kappa shape index (κ3) is 6.07. The molecule has 0 spiro atoms. The average molecular weight is 483 g/mol. The van der Waals surface area contributed by atoms with Crippen molar-refractivity contribution in [1.29, 1.82) is 0 Å². The lowest BCUT2D eigenvalue weighted by atomic mass is 10.2. The summed E-state index contributed by atoms with van der Waals surface area (Å²) in [6.45, 7) is 4.51. The Kier molecular flexibility index (Phi) is 6.61. The smallest absolute Gasteiger partial charge is 0.286 e. The molecule has 0 amide bonds. The minimum absolute atomic E-state index is 0.0156. The van der Waals surface area contributed by atoms with Gasteiger partial charge in [-0.15, -0.1) is 0 Å². The van der Waals surface area contributed by atoms with Crippen molar-refractivity contribution in [3.05, 3.63) is 47.1 Å². The monoisotopic (exact) mass is 482 g/mol. The predicted molar refractivity (Wildman–Crippen MR) is 119 cm³/mol. The number of halogens is 3. The number of alkyl halides is 2. The lowest BCUT2D eigenvalue weighted by Crippen LogP contribution is -2.15. The summed E-state index contributed by atoms with van der Waals surface area (Å²) in [6, 6.07) is 8.36. The van der Waals surface area contributed by atoms with Gasteiger partial charge in [0, 0.05) is 29.9 Å². The maximum absolute atomic E-state index is 13.7. The third-order valence-electron chi connectivity index (χ3n) is 4.04. The van der Waals surface area contributed by atoms with Crippen molar-refractivity contribution < 1.29 is 17.2 Å². The second-order valence-electron chi connectivity index (χ2n) is 7.47. The summed E-state index contributed by atoms with van der Waals surface area (Å²) in [4.78, 5) is 16.8. The van der Waals surface area contributed by atoms with Crippen molar-refractivity contribution in [2.45, 2.75) is 37.6 Å². The number of sulfone groups is 1. The van der Waals surface area contributed by atoms with E-state index in [-0.39, 0.29) is 39.4 Å². The Labute approximate surface area is 189 Å². The van der Waals surface area contributed by atoms with E-state index in [4.69, 9.17) is 11.6 Å². The molecule has 170 valence electrons. The fourth-order valence-corrected chi connectivity index (χ4v) is 3.63. The second kappa shape index (κ2) is 8.91. The van der Waals surface area contributed by atoms with Crippen LogP contribution in [0.1, 0.15) is 26.5 Å². The van der Waals surface area contributed by atoms with Gasteiger partial charge in [0.1, 0.15) is 11.4 Å². The van der Waals surface area contributed by atoms with Crippen LogP contribution in [0.15, 0.2) is 41.3 Å². The number of hydrogen-bond donors (Lipinski definition) is 2. The van der Waals surface area contributed by atoms with Gasteiger partial charge < -0.3 is 10.6 Å². The zero-order chi connectivity index (χ0) is 23.7. The highest BCUT2D eigenvalue weighted by atomic mass is 35.5. The summed E-state index contributed by atoms with van der Waals surface area (Å²) >= 11 is 6.06. The minimum Gasteiger partial charge on any atom is -0.352 e. The molecule has 1 aromatic carbocycles. The van der Waals surface area contributed by atoms with Crippen molar-refractivity contribution in [2.24, 2.45) is 0 Å². The lowest BCUT2D eigenvalue weighted by molar-refractivity contribution is 0.0129. The van der Waals surface area contributed by atoms with E-state index in [2.05, 4.69) is 30.6 Å². The van der Waals surface area contributed by atoms with E-state index in [1.165, 1.54) is 36.4 Å². The molecule has 2 aromatic heterocycles. The van der Waals surface area contributed by atoms with Crippen LogP contribution >= 0.6 is 11.6 Å². The molecule has 0 aliphatic carbocycles. The van der Waals surface area contributed by atoms with Crippen LogP contribution in [0.2, 0.25) is 5.02 Å². The first-order valence-corrected chi connectivity index (χ1v) is 11.7. The first-order chi connectivity index (χ1) is 14.8. The van der Waals surface area contributed by atoms with Gasteiger partial charge in [0.2, 0.25) is 11.9 Å². The molecule has 0 bridgehead atoms. The second-order valence-corrected chi connectivity index (χ2v) is 9.93. The Balaban J connectivity index is 2.07. The molecule has 0 aliphatic rings. The first-order valence-electron chi connectivity index (χ1n) is 9.47. The summed E-state index contributed by atoms with van der Waals surface area (Å²) in [7, 11) is -3.51. The number of rotatable bonds is 7. The van der Waals surface area contributed by atoms with E-state index in [0.717, 1.165) is 13.2 Å². The van der Waals surface area contributed by atoms with Crippen molar-refractivity contribution in [3.8, 4) is 11.5 Å². The largest absolute Gasteiger partial charge is 0.352 e. The van der Waals surface area contributed by atoms with Gasteiger partial charge in [0.05, 0.1) is 4.90 Å². The predicted octanol–water partition coefficient (Wildman–Crippen LogP) is 4.67. The Morgan fingerprint density at radius 1 is 1.03 bits per heavy atom. The van der Waals surface area contributed by atoms with E-state index in [0.29, 0.717) is 5.69 Å². The zero-order valence-electron chi connectivity index (χ0n) is 17.7. The third-order valence-corrected chi connectivity index (χ3v) is 5.35. The van der Waals surface area contributed by atoms with Crippen LogP contribution < -0.4 is 10.6 Å². The molecule has 12 heteroatoms. The Morgan fingerprint density at radius 3 is 2.34 bits per heavy atom. The first kappa shape index (κ1) is 23.7. The van der Waals surface area contributed by atoms with Crippen molar-refractivity contribution >= 4 is 39.0 Å². The minimum atomic E-state index is -3.51. The highest BCUT2D eigenvalue weighted by Gasteiger charge is 2.26. The summed E-state index contributed by atoms with van der Waals surface area (Å²) in [5.41, 5.74) is 0.0347. The average Bonchev–Trinajstić information content (AvgIpc) is 2.65. The van der Waals surface area contributed by atoms with Crippen LogP contribution in [0.25, 0.3) is 11.5 Å². The maximum atomic E-state index is 13.7. The number of anilines is 3. The van der Waals surface area contributed by atoms with Crippen molar-refractivity contribution in [2.75, 3.05) is 16.9 Å². The molecule has 2 N–H and O–H groups in total. The fourth-order valence-electron chi connectivity index (χ4n) is 2.65. The molecule has 32 heavy (non-hydrogen) atoms. The molecular formula is C20H21ClF2N6O2S. The van der Waals surface area contributed by atoms with E-state index in [9.17, 15) is 17.2 Å². The molecule has 2 heterocycles. The van der Waals surface area contributed by atoms with Gasteiger partial charge in [-0.25, -0.2) is 13.4 Å². The van der Waals surface area contributed by atoms with Crippen LogP contribution in [0, 0.1) is 0 Å². The number of pyridine rings is 1. The number of nitrogens with zero attached hydrogens (tertiary/aromatic N) is 4. The maximum Gasteiger partial charge on any atom is 0.286 e. The van der Waals surface area contributed by atoms with Gasteiger partial charge in [0.25, 0.3) is 5.92 Å². The Bertz CT molecular complexity index is 1250. The molecule has 3 rings (SSSR count). The van der Waals surface area contributed by atoms with Crippen LogP contribution in [0.3, 0.4) is 0 Å². The van der Waals surface area contributed by atoms with Gasteiger partial charge in [-0.1, -0.05) is 17.7 Å². The highest BCUT2D eigenvalue weighted by Crippen LogP contribution is 2.28. The zero-order valence-corrected chi connectivity index (χ0v) is 19.3. The number of aromatic nitrogens is 4. The van der Waals surface area contributed by atoms with Crippen LogP contribution in [-0.2, 0) is 15.8 Å². The van der Waals surface area contributed by atoms with Gasteiger partial charge in [-0.2, -0.15) is 23.7 Å². The molecule has 0 atom stereocenters. The normalized spacial score (nSPS) is 12.1. The van der Waals surface area contributed by atoms with Crippen molar-refractivity contribution in [1.82, 2.24) is 19.9 Å². The molecule has 0 saturated heterocycles. The molecule has 0 radical (unpaired) electrons. The van der Waals surface area contributed by atoms with Crippen molar-refractivity contribution in [3.63, 3.8) is 0 Å². The Hall–Kier alpha value is -2.92. The standard InChI is InChI=1S/C20H21ClF2N6O2S/c1-11(2)24-18-27-17(15-6-5-7-16(26-15)20(3,22)23)28-19(29-18)25-13-8-12(21)9-14(10-13)32(4,30)31/h5-11H,1-4H3,(H2,24,25,27,28,29). The molecule has 8 nitrogen and oxygen atoms in total. The van der Waals surface area contributed by atoms with Gasteiger partial charge in [-0.3, -0.25) is 0 Å². The van der Waals surface area contributed by atoms with Gasteiger partial charge in [-0.05, 0) is 44.2 Å². The van der Waals surface area contributed by atoms with E-state index < -0.39 is 21.5 Å². The summed E-state index contributed by atoms with van der Waals surface area (Å²) in [6.07, 6.45) is 1.07. The molecule has 0 saturated carbocycles. The van der Waals surface area contributed by atoms with E-state index >= 15 is 0 Å². The topological polar surface area (TPSA) is 110 Å². The molecule has 0 unspecified atom stereocenters. The lowest BCUT2D eigenvalue weighted by Gasteiger charge is -2.14.